The molecule has 212 valence electrons. The normalized spacial score (nSPS) is 17.9. The average Bonchev–Trinajstić information content (AvgIpc) is 3.56. The van der Waals surface area contributed by atoms with Gasteiger partial charge in [0.15, 0.2) is 0 Å². The van der Waals surface area contributed by atoms with Crippen LogP contribution in [0.5, 0.6) is 0 Å². The zero-order chi connectivity index (χ0) is 28.9. The number of thiocarbonyl (C=S) groups is 1. The molecule has 0 radical (unpaired) electrons. The number of rotatable bonds is 10. The number of aromatic nitrogens is 3. The lowest BCUT2D eigenvalue weighted by Crippen LogP contribution is -2.70. The zero-order valence-corrected chi connectivity index (χ0v) is 24.8. The molecule has 11 heteroatoms. The molecule has 2 amide bonds. The summed E-state index contributed by atoms with van der Waals surface area (Å²) in [6, 6.07) is 28.6. The molecule has 2 aliphatic rings. The van der Waals surface area contributed by atoms with Crippen LogP contribution in [0, 0.1) is 0 Å². The maximum absolute atomic E-state index is 13.6. The predicted octanol–water partition coefficient (Wildman–Crippen LogP) is 4.93. The van der Waals surface area contributed by atoms with E-state index in [0.29, 0.717) is 17.2 Å². The van der Waals surface area contributed by atoms with Crippen molar-refractivity contribution in [1.82, 2.24) is 25.6 Å². The molecule has 8 nitrogen and oxygen atoms in total. The molecule has 0 saturated carbocycles. The number of carbonyl (C=O) groups excluding carboxylic acids is 2. The Hall–Kier alpha value is -3.93. The molecule has 6 rings (SSSR count). The van der Waals surface area contributed by atoms with Gasteiger partial charge in [-0.2, -0.15) is 10.3 Å². The smallest absolute Gasteiger partial charge is 0.253 e. The van der Waals surface area contributed by atoms with Crippen LogP contribution in [0.3, 0.4) is 0 Å². The second-order valence-electron chi connectivity index (χ2n) is 9.77. The van der Waals surface area contributed by atoms with Crippen LogP contribution in [-0.4, -0.2) is 60.1 Å². The Kier molecular flexibility index (Phi) is 8.68. The zero-order valence-electron chi connectivity index (χ0n) is 22.4. The minimum absolute atomic E-state index is 0.190. The Bertz CT molecular complexity index is 1540. The number of hydrogen-bond donors (Lipinski definition) is 2. The molecule has 0 aliphatic carbocycles. The quantitative estimate of drug-likeness (QED) is 0.148. The summed E-state index contributed by atoms with van der Waals surface area (Å²) >= 11 is 9.08. The number of amides is 2. The number of carbonyl (C=O) groups is 2. The highest BCUT2D eigenvalue weighted by Gasteiger charge is 2.53. The molecular formula is C31H27N5O3S3. The Morgan fingerprint density at radius 1 is 1.05 bits per heavy atom. The maximum atomic E-state index is 13.6. The van der Waals surface area contributed by atoms with Gasteiger partial charge in [0.1, 0.15) is 22.5 Å². The van der Waals surface area contributed by atoms with E-state index in [2.05, 4.69) is 20.7 Å². The van der Waals surface area contributed by atoms with Crippen LogP contribution >= 0.6 is 35.7 Å². The predicted molar refractivity (Wildman–Crippen MR) is 168 cm³/mol. The second kappa shape index (κ2) is 12.9. The summed E-state index contributed by atoms with van der Waals surface area (Å²) < 4.78 is 6.57. The van der Waals surface area contributed by atoms with Gasteiger partial charge in [-0.3, -0.25) is 14.5 Å². The molecule has 2 atom stereocenters. The van der Waals surface area contributed by atoms with E-state index in [1.807, 2.05) is 91.0 Å². The Balaban J connectivity index is 1.26. The fourth-order valence-corrected chi connectivity index (χ4v) is 7.56. The van der Waals surface area contributed by atoms with Crippen LogP contribution in [0.1, 0.15) is 22.8 Å². The van der Waals surface area contributed by atoms with Crippen LogP contribution in [0.4, 0.5) is 0 Å². The number of H-pyrrole nitrogens is 1. The van der Waals surface area contributed by atoms with E-state index in [0.717, 1.165) is 27.3 Å². The second-order valence-corrected chi connectivity index (χ2v) is 12.2. The largest absolute Gasteiger partial charge is 0.469 e. The molecule has 1 saturated heterocycles. The van der Waals surface area contributed by atoms with Crippen molar-refractivity contribution in [2.75, 3.05) is 11.5 Å². The summed E-state index contributed by atoms with van der Waals surface area (Å²) in [4.78, 5) is 28.1. The first kappa shape index (κ1) is 28.2. The third-order valence-corrected chi connectivity index (χ3v) is 9.60. The van der Waals surface area contributed by atoms with Gasteiger partial charge in [-0.05, 0) is 34.5 Å². The number of benzene rings is 3. The van der Waals surface area contributed by atoms with Gasteiger partial charge in [0.2, 0.25) is 11.0 Å². The van der Waals surface area contributed by atoms with Crippen LogP contribution < -0.4 is 5.32 Å². The lowest BCUT2D eigenvalue weighted by molar-refractivity contribution is -0.145. The first-order valence-corrected chi connectivity index (χ1v) is 15.8. The highest BCUT2D eigenvalue weighted by Crippen LogP contribution is 2.43. The molecule has 2 N–H and O–H groups in total. The number of aromatic amines is 1. The van der Waals surface area contributed by atoms with Crippen molar-refractivity contribution in [1.29, 1.82) is 0 Å². The van der Waals surface area contributed by atoms with Gasteiger partial charge in [-0.15, -0.1) is 16.9 Å². The number of nitrogens with zero attached hydrogens (tertiary/aromatic N) is 3. The van der Waals surface area contributed by atoms with E-state index in [4.69, 9.17) is 17.0 Å². The maximum Gasteiger partial charge on any atom is 0.253 e. The number of fused-ring (bicyclic) bond motifs is 1. The lowest BCUT2D eigenvalue weighted by atomic mass is 10.0. The van der Waals surface area contributed by atoms with E-state index < -0.39 is 12.1 Å². The molecule has 42 heavy (non-hydrogen) atoms. The Morgan fingerprint density at radius 3 is 2.31 bits per heavy atom. The van der Waals surface area contributed by atoms with Gasteiger partial charge < -0.3 is 10.1 Å². The van der Waals surface area contributed by atoms with E-state index in [1.165, 1.54) is 11.8 Å². The van der Waals surface area contributed by atoms with Crippen molar-refractivity contribution in [2.45, 2.75) is 29.0 Å². The van der Waals surface area contributed by atoms with Crippen LogP contribution in [0.25, 0.3) is 0 Å². The van der Waals surface area contributed by atoms with Crippen molar-refractivity contribution in [2.24, 2.45) is 0 Å². The molecule has 1 aromatic heterocycles. The summed E-state index contributed by atoms with van der Waals surface area (Å²) in [7, 11) is 0. The third-order valence-electron chi connectivity index (χ3n) is 6.98. The summed E-state index contributed by atoms with van der Waals surface area (Å²) in [5.41, 5.74) is 4.36. The van der Waals surface area contributed by atoms with E-state index in [1.54, 1.807) is 22.9 Å². The molecule has 3 aromatic carbocycles. The van der Waals surface area contributed by atoms with Gasteiger partial charge in [0, 0.05) is 11.5 Å². The van der Waals surface area contributed by atoms with Gasteiger partial charge in [-0.1, -0.05) is 103 Å². The number of nitrogens with one attached hydrogen (secondary N) is 2. The molecular weight excluding hydrogens is 587 g/mol. The number of β-lactam (4-membered cyclic amide) rings is 1. The van der Waals surface area contributed by atoms with Crippen molar-refractivity contribution >= 4 is 52.6 Å². The summed E-state index contributed by atoms with van der Waals surface area (Å²) in [6.07, 6.45) is 1.41. The minimum Gasteiger partial charge on any atom is -0.469 e. The van der Waals surface area contributed by atoms with Crippen molar-refractivity contribution in [3.05, 3.63) is 125 Å². The van der Waals surface area contributed by atoms with Crippen molar-refractivity contribution < 1.29 is 14.3 Å². The average molecular weight is 614 g/mol. The lowest BCUT2D eigenvalue weighted by Gasteiger charge is -2.50. The van der Waals surface area contributed by atoms with Gasteiger partial charge in [-0.25, -0.2) is 0 Å². The summed E-state index contributed by atoms with van der Waals surface area (Å²) in [5, 5.41) is 14.3. The van der Waals surface area contributed by atoms with Crippen LogP contribution in [0.2, 0.25) is 0 Å². The molecule has 0 spiro atoms. The monoisotopic (exact) mass is 613 g/mol. The van der Waals surface area contributed by atoms with Gasteiger partial charge in [0.25, 0.3) is 5.91 Å². The molecule has 0 bridgehead atoms. The first-order valence-electron chi connectivity index (χ1n) is 13.4. The van der Waals surface area contributed by atoms with Crippen molar-refractivity contribution in [3.63, 3.8) is 0 Å². The standard InChI is InChI=1S/C31H27N5O3S3/c37-24(16-20-10-4-1-5-11-20)33-26-29(38)36-27(23(19-42-30(26)36)18-41-25-17-32-35-34-25)31(40)39-28(21-12-6-2-7-13-21)22-14-8-3-9-15-22/h1-15,17,26,28,30H,16,18-19H2,(H,33,37)(H,32,34,35)/t26-,30-/m1/s1. The van der Waals surface area contributed by atoms with Gasteiger partial charge in [0.05, 0.1) is 18.3 Å². The SMILES string of the molecule is O=C(Cc1ccccc1)N[C@@H]1C(=O)N2C(C(=S)OC(c3ccccc3)c3ccccc3)=C(CSc3cn[nH]n3)CS[C@H]12. The number of ether oxygens (including phenoxy) is 1. The van der Waals surface area contributed by atoms with E-state index >= 15 is 0 Å². The highest BCUT2D eigenvalue weighted by molar-refractivity contribution is 8.01. The van der Waals surface area contributed by atoms with Gasteiger partial charge >= 0.3 is 0 Å². The van der Waals surface area contributed by atoms with E-state index in [9.17, 15) is 9.59 Å². The fraction of sp³-hybridized carbons (Fsp3) is 0.194. The topological polar surface area (TPSA) is 100 Å². The van der Waals surface area contributed by atoms with Crippen molar-refractivity contribution in [3.8, 4) is 0 Å². The third kappa shape index (κ3) is 6.13. The first-order chi connectivity index (χ1) is 20.6. The molecule has 3 heterocycles. The summed E-state index contributed by atoms with van der Waals surface area (Å²) in [5.74, 6) is 0.797. The Morgan fingerprint density at radius 2 is 1.69 bits per heavy atom. The Labute approximate surface area is 257 Å². The fourth-order valence-electron chi connectivity index (χ4n) is 4.96. The van der Waals surface area contributed by atoms with Crippen LogP contribution in [-0.2, 0) is 20.7 Å². The highest BCUT2D eigenvalue weighted by atomic mass is 32.2. The molecule has 0 unspecified atom stereocenters. The minimum atomic E-state index is -0.632. The number of thioether (sulfide) groups is 2. The summed E-state index contributed by atoms with van der Waals surface area (Å²) in [6.45, 7) is 0. The number of hydrogen-bond acceptors (Lipinski definition) is 8. The molecule has 1 fully saturated rings. The van der Waals surface area contributed by atoms with E-state index in [-0.39, 0.29) is 28.7 Å². The van der Waals surface area contributed by atoms with Crippen LogP contribution in [0.15, 0.2) is 113 Å². The molecule has 2 aliphatic heterocycles. The molecule has 4 aromatic rings.